The van der Waals surface area contributed by atoms with E-state index >= 15 is 0 Å². The van der Waals surface area contributed by atoms with Crippen molar-refractivity contribution in [3.05, 3.63) is 33.1 Å². The van der Waals surface area contributed by atoms with E-state index in [-0.39, 0.29) is 12.5 Å². The fraction of sp³-hybridized carbons (Fsp3) is 0.643. The van der Waals surface area contributed by atoms with Crippen LogP contribution >= 0.6 is 0 Å². The summed E-state index contributed by atoms with van der Waals surface area (Å²) in [6.07, 6.45) is -3.92. The van der Waals surface area contributed by atoms with Crippen molar-refractivity contribution >= 4 is 5.97 Å². The molecule has 0 aliphatic carbocycles. The first-order valence-corrected chi connectivity index (χ1v) is 7.47. The van der Waals surface area contributed by atoms with E-state index in [0.29, 0.717) is 0 Å². The lowest BCUT2D eigenvalue weighted by molar-refractivity contribution is -0.152. The molecular formula is C14H21N3O7. The molecule has 1 aromatic heterocycles. The van der Waals surface area contributed by atoms with Crippen molar-refractivity contribution in [1.29, 1.82) is 0 Å². The monoisotopic (exact) mass is 343 g/mol. The van der Waals surface area contributed by atoms with E-state index in [1.807, 2.05) is 4.98 Å². The van der Waals surface area contributed by atoms with Crippen LogP contribution in [0.15, 0.2) is 21.9 Å². The molecule has 0 amide bonds. The molecule has 1 aromatic rings. The number of nitrogens with one attached hydrogen (secondary N) is 1. The van der Waals surface area contributed by atoms with Crippen LogP contribution in [0.1, 0.15) is 20.1 Å². The number of aromatic nitrogens is 2. The number of nitrogens with zero attached hydrogens (tertiary/aromatic N) is 1. The first-order chi connectivity index (χ1) is 11.2. The number of hydrogen-bond donors (Lipinski definition) is 4. The number of aliphatic hydroxyl groups excluding tert-OH is 2. The molecular weight excluding hydrogens is 322 g/mol. The maximum Gasteiger partial charge on any atom is 0.330 e. The highest BCUT2D eigenvalue weighted by molar-refractivity contribution is 5.75. The van der Waals surface area contributed by atoms with Gasteiger partial charge in [-0.2, -0.15) is 0 Å². The number of aliphatic hydroxyl groups is 2. The summed E-state index contributed by atoms with van der Waals surface area (Å²) in [5.74, 6) is -0.773. The number of carbonyl (C=O) groups is 1. The minimum atomic E-state index is -1.43. The van der Waals surface area contributed by atoms with Gasteiger partial charge in [0.05, 0.1) is 0 Å². The second kappa shape index (κ2) is 7.26. The number of esters is 1. The third-order valence-electron chi connectivity index (χ3n) is 3.84. The van der Waals surface area contributed by atoms with Crippen molar-refractivity contribution in [2.24, 2.45) is 11.7 Å². The van der Waals surface area contributed by atoms with Gasteiger partial charge in [-0.15, -0.1) is 0 Å². The summed E-state index contributed by atoms with van der Waals surface area (Å²) in [6.45, 7) is 3.19. The SMILES string of the molecule is CC(C)[C@H](N)C(=O)OC[C@H]1O[C@@H](n2ccc(=O)[nH]c2=O)[C@H](O)[C@@H]1O. The van der Waals surface area contributed by atoms with Crippen LogP contribution in [-0.2, 0) is 14.3 Å². The largest absolute Gasteiger partial charge is 0.462 e. The average molecular weight is 343 g/mol. The predicted molar refractivity (Wildman–Crippen MR) is 81.0 cm³/mol. The number of ether oxygens (including phenoxy) is 2. The number of H-pyrrole nitrogens is 1. The fourth-order valence-electron chi connectivity index (χ4n) is 2.26. The van der Waals surface area contributed by atoms with E-state index in [1.165, 1.54) is 0 Å². The smallest absolute Gasteiger partial charge is 0.330 e. The molecule has 24 heavy (non-hydrogen) atoms. The highest BCUT2D eigenvalue weighted by Crippen LogP contribution is 2.28. The van der Waals surface area contributed by atoms with Crippen LogP contribution < -0.4 is 17.0 Å². The molecule has 0 spiro atoms. The number of carbonyl (C=O) groups excluding carboxylic acids is 1. The fourth-order valence-corrected chi connectivity index (χ4v) is 2.26. The second-order valence-corrected chi connectivity index (χ2v) is 5.96. The molecule has 134 valence electrons. The Bertz CT molecular complexity index is 698. The Morgan fingerprint density at radius 3 is 2.67 bits per heavy atom. The molecule has 10 nitrogen and oxygen atoms in total. The lowest BCUT2D eigenvalue weighted by atomic mass is 10.1. The van der Waals surface area contributed by atoms with E-state index < -0.39 is 47.8 Å². The van der Waals surface area contributed by atoms with Crippen LogP contribution in [0.2, 0.25) is 0 Å². The molecule has 0 saturated carbocycles. The molecule has 0 unspecified atom stereocenters. The molecule has 2 rings (SSSR count). The summed E-state index contributed by atoms with van der Waals surface area (Å²) in [4.78, 5) is 36.6. The molecule has 1 aliphatic rings. The lowest BCUT2D eigenvalue weighted by Gasteiger charge is -2.18. The highest BCUT2D eigenvalue weighted by atomic mass is 16.6. The maximum atomic E-state index is 11.7. The third kappa shape index (κ3) is 3.73. The minimum absolute atomic E-state index is 0.120. The standard InChI is InChI=1S/C14H21N3O7/c1-6(2)9(15)13(21)23-5-7-10(19)11(20)12(24-7)17-4-3-8(18)16-14(17)22/h3-4,6-7,9-12,19-20H,5,15H2,1-2H3,(H,16,18,22)/t7-,9+,10-,11-,12-/m1/s1. The lowest BCUT2D eigenvalue weighted by Crippen LogP contribution is -2.40. The molecule has 0 aromatic carbocycles. The highest BCUT2D eigenvalue weighted by Gasteiger charge is 2.44. The number of aromatic amines is 1. The molecule has 5 N–H and O–H groups in total. The van der Waals surface area contributed by atoms with Crippen molar-refractivity contribution in [3.63, 3.8) is 0 Å². The van der Waals surface area contributed by atoms with Gasteiger partial charge in [-0.25, -0.2) is 4.79 Å². The molecule has 1 aliphatic heterocycles. The molecule has 2 heterocycles. The Kier molecular flexibility index (Phi) is 5.54. The van der Waals surface area contributed by atoms with Crippen molar-refractivity contribution in [1.82, 2.24) is 9.55 Å². The van der Waals surface area contributed by atoms with Crippen molar-refractivity contribution in [2.75, 3.05) is 6.61 Å². The second-order valence-electron chi connectivity index (χ2n) is 5.96. The average Bonchev–Trinajstić information content (AvgIpc) is 2.80. The van der Waals surface area contributed by atoms with Gasteiger partial charge in [0.1, 0.15) is 31.0 Å². The zero-order chi connectivity index (χ0) is 18.0. The predicted octanol–water partition coefficient (Wildman–Crippen LogP) is -2.32. The van der Waals surface area contributed by atoms with Crippen LogP contribution in [0.5, 0.6) is 0 Å². The van der Waals surface area contributed by atoms with Gasteiger partial charge in [0.2, 0.25) is 0 Å². The number of hydrogen-bond acceptors (Lipinski definition) is 8. The summed E-state index contributed by atoms with van der Waals surface area (Å²) in [6, 6.07) is 0.268. The summed E-state index contributed by atoms with van der Waals surface area (Å²) >= 11 is 0. The van der Waals surface area contributed by atoms with E-state index in [0.717, 1.165) is 16.8 Å². The first kappa shape index (κ1) is 18.3. The number of nitrogens with two attached hydrogens (primary N) is 1. The topological polar surface area (TPSA) is 157 Å². The van der Waals surface area contributed by atoms with Gasteiger partial charge in [-0.3, -0.25) is 19.1 Å². The quantitative estimate of drug-likeness (QED) is 0.434. The summed E-state index contributed by atoms with van der Waals surface area (Å²) in [5.41, 5.74) is 4.26. The molecule has 0 radical (unpaired) electrons. The van der Waals surface area contributed by atoms with E-state index in [2.05, 4.69) is 0 Å². The Morgan fingerprint density at radius 2 is 2.08 bits per heavy atom. The van der Waals surface area contributed by atoms with Gasteiger partial charge < -0.3 is 25.4 Å². The third-order valence-corrected chi connectivity index (χ3v) is 3.84. The normalized spacial score (nSPS) is 28.1. The summed E-state index contributed by atoms with van der Waals surface area (Å²) < 4.78 is 11.3. The Morgan fingerprint density at radius 1 is 1.42 bits per heavy atom. The van der Waals surface area contributed by atoms with Crippen LogP contribution in [0.25, 0.3) is 0 Å². The molecule has 5 atom stereocenters. The van der Waals surface area contributed by atoms with Crippen LogP contribution in [-0.4, -0.2) is 56.7 Å². The van der Waals surface area contributed by atoms with Crippen molar-refractivity contribution in [3.8, 4) is 0 Å². The Labute approximate surface area is 136 Å². The van der Waals surface area contributed by atoms with Gasteiger partial charge in [-0.1, -0.05) is 13.8 Å². The van der Waals surface area contributed by atoms with Crippen molar-refractivity contribution < 1.29 is 24.5 Å². The molecule has 1 fully saturated rings. The van der Waals surface area contributed by atoms with Gasteiger partial charge in [0.25, 0.3) is 5.56 Å². The molecule has 1 saturated heterocycles. The van der Waals surface area contributed by atoms with Crippen LogP contribution in [0.4, 0.5) is 0 Å². The molecule has 0 bridgehead atoms. The van der Waals surface area contributed by atoms with Crippen LogP contribution in [0, 0.1) is 5.92 Å². The van der Waals surface area contributed by atoms with Gasteiger partial charge in [-0.05, 0) is 5.92 Å². The maximum absolute atomic E-state index is 11.7. The summed E-state index contributed by atoms with van der Waals surface area (Å²) in [5, 5.41) is 20.1. The number of rotatable bonds is 5. The van der Waals surface area contributed by atoms with E-state index in [1.54, 1.807) is 13.8 Å². The van der Waals surface area contributed by atoms with E-state index in [9.17, 15) is 24.6 Å². The minimum Gasteiger partial charge on any atom is -0.462 e. The zero-order valence-electron chi connectivity index (χ0n) is 13.3. The van der Waals surface area contributed by atoms with Crippen LogP contribution in [0.3, 0.4) is 0 Å². The zero-order valence-corrected chi connectivity index (χ0v) is 13.3. The Balaban J connectivity index is 2.06. The van der Waals surface area contributed by atoms with Gasteiger partial charge >= 0.3 is 11.7 Å². The first-order valence-electron chi connectivity index (χ1n) is 7.47. The molecule has 10 heteroatoms. The van der Waals surface area contributed by atoms with Gasteiger partial charge in [0.15, 0.2) is 6.23 Å². The summed E-state index contributed by atoms with van der Waals surface area (Å²) in [7, 11) is 0. The van der Waals surface area contributed by atoms with E-state index in [4.69, 9.17) is 15.2 Å². The Hall–Kier alpha value is -2.01. The van der Waals surface area contributed by atoms with Gasteiger partial charge in [0, 0.05) is 12.3 Å². The van der Waals surface area contributed by atoms with Crippen molar-refractivity contribution in [2.45, 2.75) is 44.4 Å².